The SMILES string of the molecule is COCCNCC(=O)N1CCC(Nc2cc(OC)cc(OC)c2)CC1. The van der Waals surface area contributed by atoms with Crippen molar-refractivity contribution >= 4 is 11.6 Å². The highest BCUT2D eigenvalue weighted by Crippen LogP contribution is 2.27. The summed E-state index contributed by atoms with van der Waals surface area (Å²) >= 11 is 0. The maximum atomic E-state index is 12.2. The van der Waals surface area contributed by atoms with Crippen LogP contribution in [0.4, 0.5) is 5.69 Å². The van der Waals surface area contributed by atoms with E-state index in [9.17, 15) is 4.79 Å². The van der Waals surface area contributed by atoms with E-state index in [4.69, 9.17) is 14.2 Å². The predicted octanol–water partition coefficient (Wildman–Crippen LogP) is 1.34. The van der Waals surface area contributed by atoms with Gasteiger partial charge < -0.3 is 29.7 Å². The van der Waals surface area contributed by atoms with E-state index in [1.54, 1.807) is 21.3 Å². The van der Waals surface area contributed by atoms with E-state index in [1.165, 1.54) is 0 Å². The van der Waals surface area contributed by atoms with Crippen molar-refractivity contribution in [3.05, 3.63) is 18.2 Å². The average molecular weight is 351 g/mol. The van der Waals surface area contributed by atoms with Crippen molar-refractivity contribution in [2.75, 3.05) is 59.4 Å². The molecule has 1 aliphatic heterocycles. The van der Waals surface area contributed by atoms with E-state index >= 15 is 0 Å². The third-order valence-electron chi connectivity index (χ3n) is 4.33. The monoisotopic (exact) mass is 351 g/mol. The van der Waals surface area contributed by atoms with E-state index in [0.29, 0.717) is 25.7 Å². The highest BCUT2D eigenvalue weighted by Gasteiger charge is 2.22. The van der Waals surface area contributed by atoms with Crippen LogP contribution in [0.5, 0.6) is 11.5 Å². The van der Waals surface area contributed by atoms with Crippen LogP contribution in [-0.4, -0.2) is 71.0 Å². The molecule has 140 valence electrons. The van der Waals surface area contributed by atoms with Crippen LogP contribution in [0, 0.1) is 0 Å². The van der Waals surface area contributed by atoms with Crippen LogP contribution in [0.3, 0.4) is 0 Å². The second-order valence-corrected chi connectivity index (χ2v) is 6.07. The normalized spacial score (nSPS) is 15.1. The number of likely N-dealkylation sites (tertiary alicyclic amines) is 1. The van der Waals surface area contributed by atoms with Gasteiger partial charge in [-0.25, -0.2) is 0 Å². The minimum absolute atomic E-state index is 0.151. The summed E-state index contributed by atoms with van der Waals surface area (Å²) in [5.74, 6) is 1.67. The van der Waals surface area contributed by atoms with Crippen LogP contribution in [0.25, 0.3) is 0 Å². The molecular weight excluding hydrogens is 322 g/mol. The molecule has 0 saturated carbocycles. The molecular formula is C18H29N3O4. The lowest BCUT2D eigenvalue weighted by Gasteiger charge is -2.33. The highest BCUT2D eigenvalue weighted by molar-refractivity contribution is 5.78. The minimum Gasteiger partial charge on any atom is -0.497 e. The molecule has 1 aromatic rings. The number of carbonyl (C=O) groups is 1. The topological polar surface area (TPSA) is 72.1 Å². The highest BCUT2D eigenvalue weighted by atomic mass is 16.5. The number of carbonyl (C=O) groups excluding carboxylic acids is 1. The van der Waals surface area contributed by atoms with E-state index in [2.05, 4.69) is 10.6 Å². The molecule has 0 aromatic heterocycles. The molecule has 1 fully saturated rings. The fraction of sp³-hybridized carbons (Fsp3) is 0.611. The van der Waals surface area contributed by atoms with Gasteiger partial charge in [0.25, 0.3) is 0 Å². The van der Waals surface area contributed by atoms with Crippen molar-refractivity contribution in [2.45, 2.75) is 18.9 Å². The fourth-order valence-electron chi connectivity index (χ4n) is 2.88. The molecule has 0 atom stereocenters. The molecule has 0 aliphatic carbocycles. The molecule has 1 heterocycles. The predicted molar refractivity (Wildman–Crippen MR) is 97.5 cm³/mol. The van der Waals surface area contributed by atoms with Gasteiger partial charge in [-0.15, -0.1) is 0 Å². The Morgan fingerprint density at radius 2 is 1.76 bits per heavy atom. The van der Waals surface area contributed by atoms with Crippen molar-refractivity contribution < 1.29 is 19.0 Å². The lowest BCUT2D eigenvalue weighted by atomic mass is 10.0. The Labute approximate surface area is 149 Å². The molecule has 1 aromatic carbocycles. The van der Waals surface area contributed by atoms with Gasteiger partial charge in [0.15, 0.2) is 0 Å². The Morgan fingerprint density at radius 1 is 1.12 bits per heavy atom. The summed E-state index contributed by atoms with van der Waals surface area (Å²) in [7, 11) is 4.94. The zero-order chi connectivity index (χ0) is 18.1. The maximum absolute atomic E-state index is 12.2. The summed E-state index contributed by atoms with van der Waals surface area (Å²) in [6.45, 7) is 3.21. The Bertz CT molecular complexity index is 523. The number of benzene rings is 1. The van der Waals surface area contributed by atoms with Crippen LogP contribution in [-0.2, 0) is 9.53 Å². The van der Waals surface area contributed by atoms with Gasteiger partial charge in [-0.2, -0.15) is 0 Å². The van der Waals surface area contributed by atoms with Crippen molar-refractivity contribution in [1.82, 2.24) is 10.2 Å². The van der Waals surface area contributed by atoms with Crippen LogP contribution in [0.1, 0.15) is 12.8 Å². The number of rotatable bonds is 9. The second kappa shape index (κ2) is 10.1. The lowest BCUT2D eigenvalue weighted by Crippen LogP contribution is -2.45. The van der Waals surface area contributed by atoms with Gasteiger partial charge in [0.2, 0.25) is 5.91 Å². The van der Waals surface area contributed by atoms with Crippen molar-refractivity contribution in [2.24, 2.45) is 0 Å². The van der Waals surface area contributed by atoms with Crippen molar-refractivity contribution in [3.63, 3.8) is 0 Å². The van der Waals surface area contributed by atoms with E-state index in [0.717, 1.165) is 43.1 Å². The molecule has 25 heavy (non-hydrogen) atoms. The number of nitrogens with one attached hydrogen (secondary N) is 2. The van der Waals surface area contributed by atoms with Gasteiger partial charge >= 0.3 is 0 Å². The fourth-order valence-corrected chi connectivity index (χ4v) is 2.88. The van der Waals surface area contributed by atoms with Crippen molar-refractivity contribution in [1.29, 1.82) is 0 Å². The zero-order valence-electron chi connectivity index (χ0n) is 15.3. The number of hydrogen-bond acceptors (Lipinski definition) is 6. The minimum atomic E-state index is 0.151. The average Bonchev–Trinajstić information content (AvgIpc) is 2.65. The molecule has 0 unspecified atom stereocenters. The number of ether oxygens (including phenoxy) is 3. The summed E-state index contributed by atoms with van der Waals surface area (Å²) in [4.78, 5) is 14.1. The van der Waals surface area contributed by atoms with E-state index < -0.39 is 0 Å². The number of nitrogens with zero attached hydrogens (tertiary/aromatic N) is 1. The van der Waals surface area contributed by atoms with E-state index in [-0.39, 0.29) is 5.91 Å². The summed E-state index contributed by atoms with van der Waals surface area (Å²) in [5, 5.41) is 6.62. The smallest absolute Gasteiger partial charge is 0.236 e. The molecule has 2 rings (SSSR count). The maximum Gasteiger partial charge on any atom is 0.236 e. The molecule has 7 nitrogen and oxygen atoms in total. The van der Waals surface area contributed by atoms with E-state index in [1.807, 2.05) is 23.1 Å². The summed E-state index contributed by atoms with van der Waals surface area (Å²) in [5.41, 5.74) is 0.974. The van der Waals surface area contributed by atoms with Crippen LogP contribution >= 0.6 is 0 Å². The number of hydrogen-bond donors (Lipinski definition) is 2. The van der Waals surface area contributed by atoms with Crippen LogP contribution in [0.15, 0.2) is 18.2 Å². The molecule has 1 saturated heterocycles. The number of anilines is 1. The molecule has 1 aliphatic rings. The first-order valence-corrected chi connectivity index (χ1v) is 8.63. The van der Waals surface area contributed by atoms with Gasteiger partial charge in [-0.1, -0.05) is 0 Å². The zero-order valence-corrected chi connectivity index (χ0v) is 15.3. The van der Waals surface area contributed by atoms with Gasteiger partial charge in [0, 0.05) is 56.7 Å². The van der Waals surface area contributed by atoms with Gasteiger partial charge in [0.05, 0.1) is 27.4 Å². The Balaban J connectivity index is 1.79. The first-order valence-electron chi connectivity index (χ1n) is 8.63. The summed E-state index contributed by atoms with van der Waals surface area (Å²) in [6.07, 6.45) is 1.84. The van der Waals surface area contributed by atoms with Gasteiger partial charge in [-0.05, 0) is 12.8 Å². The number of piperidine rings is 1. The molecule has 0 radical (unpaired) electrons. The Hall–Kier alpha value is -1.99. The lowest BCUT2D eigenvalue weighted by molar-refractivity contribution is -0.131. The van der Waals surface area contributed by atoms with Crippen LogP contribution < -0.4 is 20.1 Å². The Morgan fingerprint density at radius 3 is 2.32 bits per heavy atom. The molecule has 0 spiro atoms. The third kappa shape index (κ3) is 6.10. The third-order valence-corrected chi connectivity index (χ3v) is 4.33. The number of amides is 1. The largest absolute Gasteiger partial charge is 0.497 e. The van der Waals surface area contributed by atoms with Gasteiger partial charge in [0.1, 0.15) is 11.5 Å². The molecule has 0 bridgehead atoms. The quantitative estimate of drug-likeness (QED) is 0.654. The first-order chi connectivity index (χ1) is 12.2. The molecule has 2 N–H and O–H groups in total. The van der Waals surface area contributed by atoms with Gasteiger partial charge in [-0.3, -0.25) is 4.79 Å². The Kier molecular flexibility index (Phi) is 7.81. The summed E-state index contributed by atoms with van der Waals surface area (Å²) < 4.78 is 15.6. The van der Waals surface area contributed by atoms with Crippen LogP contribution in [0.2, 0.25) is 0 Å². The second-order valence-electron chi connectivity index (χ2n) is 6.07. The summed E-state index contributed by atoms with van der Waals surface area (Å²) in [6, 6.07) is 6.10. The molecule has 7 heteroatoms. The molecule has 1 amide bonds. The number of methoxy groups -OCH3 is 3. The van der Waals surface area contributed by atoms with Crippen molar-refractivity contribution in [3.8, 4) is 11.5 Å². The standard InChI is InChI=1S/C18H29N3O4/c1-23-9-6-19-13-18(22)21-7-4-14(5-8-21)20-15-10-16(24-2)12-17(11-15)25-3/h10-12,14,19-20H,4-9,13H2,1-3H3. The first kappa shape index (κ1) is 19.3.